The molecule has 32 heavy (non-hydrogen) atoms. The first-order valence-corrected chi connectivity index (χ1v) is 11.5. The smallest absolute Gasteiger partial charge is 0.262 e. The van der Waals surface area contributed by atoms with Gasteiger partial charge < -0.3 is 5.73 Å². The van der Waals surface area contributed by atoms with Crippen LogP contribution in [-0.2, 0) is 16.1 Å². The summed E-state index contributed by atoms with van der Waals surface area (Å²) in [5, 5.41) is 2.23. The molecule has 4 rings (SSSR count). The van der Waals surface area contributed by atoms with Crippen molar-refractivity contribution in [3.8, 4) is 0 Å². The molecule has 3 aliphatic heterocycles. The zero-order valence-corrected chi connectivity index (χ0v) is 18.9. The van der Waals surface area contributed by atoms with Crippen molar-refractivity contribution >= 4 is 23.6 Å². The summed E-state index contributed by atoms with van der Waals surface area (Å²) in [5.74, 6) is -1.89. The van der Waals surface area contributed by atoms with Crippen LogP contribution in [0, 0.1) is 0 Å². The van der Waals surface area contributed by atoms with Gasteiger partial charge in [-0.2, -0.15) is 0 Å². The van der Waals surface area contributed by atoms with Gasteiger partial charge >= 0.3 is 0 Å². The molecule has 0 aromatic heterocycles. The fraction of sp³-hybridized carbons (Fsp3) is 0.583. The van der Waals surface area contributed by atoms with Gasteiger partial charge in [-0.15, -0.1) is 0 Å². The van der Waals surface area contributed by atoms with Gasteiger partial charge in [0.05, 0.1) is 11.1 Å². The van der Waals surface area contributed by atoms with Crippen LogP contribution >= 0.6 is 0 Å². The number of rotatable bonds is 6. The molecule has 8 heteroatoms. The summed E-state index contributed by atoms with van der Waals surface area (Å²) in [7, 11) is 0. The van der Waals surface area contributed by atoms with Gasteiger partial charge in [-0.25, -0.2) is 0 Å². The summed E-state index contributed by atoms with van der Waals surface area (Å²) in [6.07, 6.45) is 5.77. The number of carbonyl (C=O) groups excluding carboxylic acids is 4. The van der Waals surface area contributed by atoms with Crippen LogP contribution in [0.15, 0.2) is 18.2 Å². The third kappa shape index (κ3) is 4.61. The molecule has 0 saturated carbocycles. The predicted molar refractivity (Wildman–Crippen MR) is 119 cm³/mol. The lowest BCUT2D eigenvalue weighted by Crippen LogP contribution is -2.54. The first kappa shape index (κ1) is 22.6. The van der Waals surface area contributed by atoms with Crippen LogP contribution in [0.3, 0.4) is 0 Å². The van der Waals surface area contributed by atoms with Gasteiger partial charge in [-0.05, 0) is 70.2 Å². The molecule has 2 fully saturated rings. The summed E-state index contributed by atoms with van der Waals surface area (Å²) in [6.45, 7) is 5.82. The van der Waals surface area contributed by atoms with Gasteiger partial charge in [-0.1, -0.05) is 12.5 Å². The molecule has 2 saturated heterocycles. The number of benzene rings is 1. The van der Waals surface area contributed by atoms with Crippen LogP contribution in [0.5, 0.6) is 0 Å². The van der Waals surface area contributed by atoms with Gasteiger partial charge in [0.25, 0.3) is 11.8 Å². The largest absolute Gasteiger partial charge is 0.326 e. The Kier molecular flexibility index (Phi) is 6.18. The van der Waals surface area contributed by atoms with Crippen molar-refractivity contribution in [2.75, 3.05) is 6.54 Å². The highest BCUT2D eigenvalue weighted by atomic mass is 16.2. The first-order valence-electron chi connectivity index (χ1n) is 11.5. The molecule has 0 bridgehead atoms. The molecule has 8 nitrogen and oxygen atoms in total. The van der Waals surface area contributed by atoms with Gasteiger partial charge in [-0.3, -0.25) is 34.3 Å². The van der Waals surface area contributed by atoms with Crippen LogP contribution in [0.2, 0.25) is 0 Å². The summed E-state index contributed by atoms with van der Waals surface area (Å²) in [6, 6.07) is 4.90. The molecule has 1 aromatic rings. The van der Waals surface area contributed by atoms with Crippen molar-refractivity contribution in [2.45, 2.75) is 83.0 Å². The molecule has 1 aromatic carbocycles. The molecule has 0 spiro atoms. The lowest BCUT2D eigenvalue weighted by Gasteiger charge is -2.37. The van der Waals surface area contributed by atoms with E-state index in [1.807, 2.05) is 6.07 Å². The van der Waals surface area contributed by atoms with Gasteiger partial charge in [0.1, 0.15) is 6.04 Å². The molecular weight excluding hydrogens is 408 g/mol. The number of nitrogens with two attached hydrogens (primary N) is 1. The lowest BCUT2D eigenvalue weighted by atomic mass is 9.91. The molecule has 4 amide bonds. The van der Waals surface area contributed by atoms with Crippen molar-refractivity contribution in [1.29, 1.82) is 0 Å². The third-order valence-corrected chi connectivity index (χ3v) is 6.76. The minimum Gasteiger partial charge on any atom is -0.326 e. The molecule has 2 unspecified atom stereocenters. The number of fused-ring (bicyclic) bond motifs is 1. The zero-order chi connectivity index (χ0) is 23.0. The topological polar surface area (TPSA) is 113 Å². The minimum atomic E-state index is -0.936. The number of nitrogens with one attached hydrogen (secondary N) is 1. The van der Waals surface area contributed by atoms with E-state index in [1.54, 1.807) is 12.1 Å². The Balaban J connectivity index is 1.49. The molecular formula is C24H32N4O4. The van der Waals surface area contributed by atoms with E-state index in [1.165, 1.54) is 6.42 Å². The first-order chi connectivity index (χ1) is 15.1. The summed E-state index contributed by atoms with van der Waals surface area (Å²) >= 11 is 0. The monoisotopic (exact) mass is 440 g/mol. The van der Waals surface area contributed by atoms with Gasteiger partial charge in [0.15, 0.2) is 0 Å². The number of carbonyl (C=O) groups is 4. The van der Waals surface area contributed by atoms with Crippen LogP contribution in [0.4, 0.5) is 0 Å². The van der Waals surface area contributed by atoms with Crippen molar-refractivity contribution < 1.29 is 19.2 Å². The van der Waals surface area contributed by atoms with E-state index in [2.05, 4.69) is 24.1 Å². The van der Waals surface area contributed by atoms with Gasteiger partial charge in [0.2, 0.25) is 11.8 Å². The van der Waals surface area contributed by atoms with E-state index in [4.69, 9.17) is 5.73 Å². The van der Waals surface area contributed by atoms with Crippen LogP contribution in [0.25, 0.3) is 0 Å². The van der Waals surface area contributed by atoms with E-state index in [0.29, 0.717) is 23.7 Å². The van der Waals surface area contributed by atoms with E-state index in [9.17, 15) is 19.2 Å². The lowest BCUT2D eigenvalue weighted by molar-refractivity contribution is -0.136. The Labute approximate surface area is 188 Å². The van der Waals surface area contributed by atoms with Crippen molar-refractivity contribution in [3.05, 3.63) is 34.9 Å². The molecule has 2 atom stereocenters. The Hall–Kier alpha value is -2.58. The minimum absolute atomic E-state index is 0.116. The van der Waals surface area contributed by atoms with E-state index >= 15 is 0 Å². The summed E-state index contributed by atoms with van der Waals surface area (Å²) in [5.41, 5.74) is 7.65. The van der Waals surface area contributed by atoms with Gasteiger partial charge in [0, 0.05) is 24.5 Å². The number of hydrogen-bond acceptors (Lipinski definition) is 6. The summed E-state index contributed by atoms with van der Waals surface area (Å²) in [4.78, 5) is 53.1. The van der Waals surface area contributed by atoms with Crippen LogP contribution < -0.4 is 11.1 Å². The van der Waals surface area contributed by atoms with Crippen molar-refractivity contribution in [1.82, 2.24) is 15.1 Å². The predicted octanol–water partition coefficient (Wildman–Crippen LogP) is 1.96. The van der Waals surface area contributed by atoms with E-state index in [-0.39, 0.29) is 24.3 Å². The normalized spacial score (nSPS) is 24.7. The average Bonchev–Trinajstić information content (AvgIpc) is 2.97. The third-order valence-electron chi connectivity index (χ3n) is 6.76. The summed E-state index contributed by atoms with van der Waals surface area (Å²) < 4.78 is 0. The maximum atomic E-state index is 13.1. The van der Waals surface area contributed by atoms with Crippen LogP contribution in [-0.4, -0.2) is 57.6 Å². The fourth-order valence-electron chi connectivity index (χ4n) is 4.98. The van der Waals surface area contributed by atoms with Crippen molar-refractivity contribution in [2.24, 2.45) is 5.73 Å². The molecule has 3 aliphatic rings. The number of imide groups is 2. The number of piperidine rings is 2. The second kappa shape index (κ2) is 8.75. The van der Waals surface area contributed by atoms with E-state index in [0.717, 1.165) is 42.7 Å². The van der Waals surface area contributed by atoms with Crippen LogP contribution in [0.1, 0.15) is 85.1 Å². The Morgan fingerprint density at radius 3 is 2.53 bits per heavy atom. The van der Waals surface area contributed by atoms with Crippen molar-refractivity contribution in [3.63, 3.8) is 0 Å². The number of hydrogen-bond donors (Lipinski definition) is 2. The SMILES string of the molecule is CC(C)(N)CCC1CCCCN1Cc1ccc2c(c1)C(=O)N(C1CCC(=O)NC1=O)C2=O. The number of nitrogens with zero attached hydrogens (tertiary/aromatic N) is 2. The molecule has 0 radical (unpaired) electrons. The van der Waals surface area contributed by atoms with E-state index < -0.39 is 23.8 Å². The highest BCUT2D eigenvalue weighted by molar-refractivity contribution is 6.23. The maximum absolute atomic E-state index is 13.1. The number of likely N-dealkylation sites (tertiary alicyclic amines) is 1. The standard InChI is InChI=1S/C24H32N4O4/c1-24(2,25)11-10-16-5-3-4-12-27(16)14-15-6-7-17-18(13-15)23(32)28(22(17)31)19-8-9-20(29)26-21(19)30/h6-7,13,16,19H,3-5,8-12,14,25H2,1-2H3,(H,26,29,30). The Morgan fingerprint density at radius 1 is 1.06 bits per heavy atom. The molecule has 3 N–H and O–H groups in total. The molecule has 0 aliphatic carbocycles. The molecule has 172 valence electrons. The highest BCUT2D eigenvalue weighted by Crippen LogP contribution is 2.30. The number of amides is 4. The quantitative estimate of drug-likeness (QED) is 0.654. The molecule has 3 heterocycles. The zero-order valence-electron chi connectivity index (χ0n) is 18.9. The second-order valence-electron chi connectivity index (χ2n) is 9.97. The second-order valence-corrected chi connectivity index (χ2v) is 9.97. The fourth-order valence-corrected chi connectivity index (χ4v) is 4.98. The average molecular weight is 441 g/mol. The maximum Gasteiger partial charge on any atom is 0.262 e. The Morgan fingerprint density at radius 2 is 1.81 bits per heavy atom. The highest BCUT2D eigenvalue weighted by Gasteiger charge is 2.44. The Bertz CT molecular complexity index is 952.